The molecule has 1 aromatic carbocycles. The van der Waals surface area contributed by atoms with Crippen molar-refractivity contribution in [1.82, 2.24) is 10.1 Å². The van der Waals surface area contributed by atoms with Crippen LogP contribution in [0, 0.1) is 0 Å². The first kappa shape index (κ1) is 12.6. The third kappa shape index (κ3) is 2.13. The molecule has 0 N–H and O–H groups in total. The molecule has 21 heavy (non-hydrogen) atoms. The van der Waals surface area contributed by atoms with Gasteiger partial charge in [0.05, 0.1) is 11.8 Å². The SMILES string of the molecule is O=C1CCCCC1c1nc(C2COc3ccccc32)no1. The van der Waals surface area contributed by atoms with Gasteiger partial charge in [-0.05, 0) is 18.9 Å². The third-order valence-corrected chi connectivity index (χ3v) is 4.32. The van der Waals surface area contributed by atoms with Gasteiger partial charge in [-0.1, -0.05) is 29.8 Å². The summed E-state index contributed by atoms with van der Waals surface area (Å²) in [6.07, 6.45) is 3.46. The van der Waals surface area contributed by atoms with E-state index in [0.717, 1.165) is 30.6 Å². The van der Waals surface area contributed by atoms with Crippen LogP contribution in [0.15, 0.2) is 28.8 Å². The molecule has 5 nitrogen and oxygen atoms in total. The average Bonchev–Trinajstić information content (AvgIpc) is 3.14. The molecule has 1 saturated carbocycles. The Bertz CT molecular complexity index is 680. The van der Waals surface area contributed by atoms with Crippen LogP contribution in [0.3, 0.4) is 0 Å². The van der Waals surface area contributed by atoms with Gasteiger partial charge in [0.2, 0.25) is 5.89 Å². The zero-order chi connectivity index (χ0) is 14.2. The molecule has 2 atom stereocenters. The molecule has 108 valence electrons. The van der Waals surface area contributed by atoms with E-state index in [-0.39, 0.29) is 17.6 Å². The number of nitrogens with zero attached hydrogens (tertiary/aromatic N) is 2. The summed E-state index contributed by atoms with van der Waals surface area (Å²) in [7, 11) is 0. The van der Waals surface area contributed by atoms with Gasteiger partial charge < -0.3 is 9.26 Å². The zero-order valence-electron chi connectivity index (χ0n) is 11.6. The molecule has 1 fully saturated rings. The lowest BCUT2D eigenvalue weighted by molar-refractivity contribution is -0.122. The number of ketones is 1. The summed E-state index contributed by atoms with van der Waals surface area (Å²) in [5.74, 6) is 1.98. The molecule has 0 spiro atoms. The molecule has 1 aliphatic carbocycles. The average molecular weight is 284 g/mol. The standard InChI is InChI=1S/C16H16N2O3/c19-13-7-3-1-6-11(13)16-17-15(18-21-16)12-9-20-14-8-4-2-5-10(12)14/h2,4-5,8,11-12H,1,3,6-7,9H2. The number of ether oxygens (including phenoxy) is 1. The lowest BCUT2D eigenvalue weighted by Gasteiger charge is -2.16. The highest BCUT2D eigenvalue weighted by molar-refractivity contribution is 5.85. The molecule has 4 rings (SSSR count). The van der Waals surface area contributed by atoms with E-state index < -0.39 is 0 Å². The maximum absolute atomic E-state index is 12.0. The van der Waals surface area contributed by atoms with Crippen molar-refractivity contribution in [3.8, 4) is 5.75 Å². The number of aromatic nitrogens is 2. The van der Waals surface area contributed by atoms with E-state index in [4.69, 9.17) is 9.26 Å². The van der Waals surface area contributed by atoms with E-state index in [2.05, 4.69) is 10.1 Å². The number of para-hydroxylation sites is 1. The van der Waals surface area contributed by atoms with Crippen LogP contribution in [0.4, 0.5) is 0 Å². The first-order valence-electron chi connectivity index (χ1n) is 7.41. The summed E-state index contributed by atoms with van der Waals surface area (Å²) in [4.78, 5) is 16.5. The molecule has 5 heteroatoms. The predicted molar refractivity (Wildman–Crippen MR) is 74.3 cm³/mol. The van der Waals surface area contributed by atoms with E-state index in [1.165, 1.54) is 0 Å². The molecule has 2 unspecified atom stereocenters. The maximum Gasteiger partial charge on any atom is 0.237 e. The Morgan fingerprint density at radius 2 is 2.05 bits per heavy atom. The molecular weight excluding hydrogens is 268 g/mol. The number of carbonyl (C=O) groups is 1. The summed E-state index contributed by atoms with van der Waals surface area (Å²) in [5, 5.41) is 4.09. The van der Waals surface area contributed by atoms with Crippen LogP contribution >= 0.6 is 0 Å². The number of fused-ring (bicyclic) bond motifs is 1. The van der Waals surface area contributed by atoms with Crippen molar-refractivity contribution >= 4 is 5.78 Å². The van der Waals surface area contributed by atoms with Crippen LogP contribution in [-0.4, -0.2) is 22.5 Å². The molecule has 0 radical (unpaired) electrons. The van der Waals surface area contributed by atoms with Gasteiger partial charge >= 0.3 is 0 Å². The monoisotopic (exact) mass is 284 g/mol. The van der Waals surface area contributed by atoms with E-state index >= 15 is 0 Å². The first-order chi connectivity index (χ1) is 10.3. The van der Waals surface area contributed by atoms with Crippen molar-refractivity contribution in [3.63, 3.8) is 0 Å². The van der Waals surface area contributed by atoms with Crippen LogP contribution in [0.2, 0.25) is 0 Å². The van der Waals surface area contributed by atoms with Gasteiger partial charge in [0.15, 0.2) is 5.82 Å². The Kier molecular flexibility index (Phi) is 2.98. The second kappa shape index (κ2) is 4.98. The molecule has 0 bridgehead atoms. The fraction of sp³-hybridized carbons (Fsp3) is 0.438. The molecule has 2 aliphatic rings. The zero-order valence-corrected chi connectivity index (χ0v) is 11.6. The smallest absolute Gasteiger partial charge is 0.237 e. The molecule has 1 aromatic heterocycles. The van der Waals surface area contributed by atoms with Crippen molar-refractivity contribution in [3.05, 3.63) is 41.5 Å². The maximum atomic E-state index is 12.0. The minimum Gasteiger partial charge on any atom is -0.492 e. The highest BCUT2D eigenvalue weighted by atomic mass is 16.5. The van der Waals surface area contributed by atoms with Crippen LogP contribution in [0.25, 0.3) is 0 Å². The lowest BCUT2D eigenvalue weighted by atomic mass is 9.88. The first-order valence-corrected chi connectivity index (χ1v) is 7.41. The van der Waals surface area contributed by atoms with E-state index in [1.54, 1.807) is 0 Å². The Labute approximate surface area is 122 Å². The highest BCUT2D eigenvalue weighted by Gasteiger charge is 2.33. The molecule has 0 saturated heterocycles. The number of Topliss-reactive ketones (excluding diaryl/α,β-unsaturated/α-hetero) is 1. The van der Waals surface area contributed by atoms with Gasteiger partial charge in [0.25, 0.3) is 0 Å². The van der Waals surface area contributed by atoms with Crippen molar-refractivity contribution in [2.75, 3.05) is 6.61 Å². The summed E-state index contributed by atoms with van der Waals surface area (Å²) in [6.45, 7) is 0.525. The highest BCUT2D eigenvalue weighted by Crippen LogP contribution is 2.37. The second-order valence-corrected chi connectivity index (χ2v) is 5.66. The Morgan fingerprint density at radius 1 is 1.14 bits per heavy atom. The minimum atomic E-state index is -0.211. The fourth-order valence-electron chi connectivity index (χ4n) is 3.15. The summed E-state index contributed by atoms with van der Waals surface area (Å²) < 4.78 is 11.0. The summed E-state index contributed by atoms with van der Waals surface area (Å²) in [5.41, 5.74) is 1.08. The van der Waals surface area contributed by atoms with Gasteiger partial charge in [-0.25, -0.2) is 0 Å². The van der Waals surface area contributed by atoms with Crippen LogP contribution in [-0.2, 0) is 4.79 Å². The van der Waals surface area contributed by atoms with Crippen LogP contribution in [0.1, 0.15) is 54.8 Å². The number of benzene rings is 1. The quantitative estimate of drug-likeness (QED) is 0.848. The fourth-order valence-corrected chi connectivity index (χ4v) is 3.15. The minimum absolute atomic E-state index is 0.00241. The second-order valence-electron chi connectivity index (χ2n) is 5.66. The molecule has 2 aromatic rings. The largest absolute Gasteiger partial charge is 0.492 e. The van der Waals surface area contributed by atoms with Crippen molar-refractivity contribution < 1.29 is 14.1 Å². The summed E-state index contributed by atoms with van der Waals surface area (Å²) in [6, 6.07) is 7.89. The number of hydrogen-bond donors (Lipinski definition) is 0. The Morgan fingerprint density at radius 3 is 2.95 bits per heavy atom. The van der Waals surface area contributed by atoms with Crippen molar-refractivity contribution in [2.24, 2.45) is 0 Å². The van der Waals surface area contributed by atoms with Crippen molar-refractivity contribution in [2.45, 2.75) is 37.5 Å². The Hall–Kier alpha value is -2.17. The van der Waals surface area contributed by atoms with Gasteiger partial charge in [-0.3, -0.25) is 4.79 Å². The van der Waals surface area contributed by atoms with E-state index in [0.29, 0.717) is 24.7 Å². The number of carbonyl (C=O) groups excluding carboxylic acids is 1. The third-order valence-electron chi connectivity index (χ3n) is 4.32. The predicted octanol–water partition coefficient (Wildman–Crippen LogP) is 2.82. The molecule has 0 amide bonds. The number of rotatable bonds is 2. The molecular formula is C16H16N2O3. The molecule has 2 heterocycles. The van der Waals surface area contributed by atoms with E-state index in [9.17, 15) is 4.79 Å². The summed E-state index contributed by atoms with van der Waals surface area (Å²) >= 11 is 0. The normalized spacial score (nSPS) is 24.7. The molecule has 1 aliphatic heterocycles. The number of hydrogen-bond acceptors (Lipinski definition) is 5. The topological polar surface area (TPSA) is 65.2 Å². The van der Waals surface area contributed by atoms with Gasteiger partial charge in [0, 0.05) is 12.0 Å². The van der Waals surface area contributed by atoms with E-state index in [1.807, 2.05) is 24.3 Å². The van der Waals surface area contributed by atoms with Crippen molar-refractivity contribution in [1.29, 1.82) is 0 Å². The van der Waals surface area contributed by atoms with Crippen LogP contribution < -0.4 is 4.74 Å². The van der Waals surface area contributed by atoms with Crippen LogP contribution in [0.5, 0.6) is 5.75 Å². The lowest BCUT2D eigenvalue weighted by Crippen LogP contribution is -2.17. The van der Waals surface area contributed by atoms with Gasteiger partial charge in [-0.15, -0.1) is 0 Å². The Balaban J connectivity index is 1.62. The van der Waals surface area contributed by atoms with Gasteiger partial charge in [0.1, 0.15) is 18.1 Å². The van der Waals surface area contributed by atoms with Gasteiger partial charge in [-0.2, -0.15) is 4.98 Å².